The van der Waals surface area contributed by atoms with Gasteiger partial charge in [0.25, 0.3) is 0 Å². The predicted molar refractivity (Wildman–Crippen MR) is 88.4 cm³/mol. The third-order valence-corrected chi connectivity index (χ3v) is 4.12. The number of aryl methyl sites for hydroxylation is 2. The van der Waals surface area contributed by atoms with Gasteiger partial charge in [-0.3, -0.25) is 9.48 Å². The van der Waals surface area contributed by atoms with Crippen molar-refractivity contribution in [3.63, 3.8) is 0 Å². The molecule has 1 aliphatic rings. The first-order chi connectivity index (χ1) is 11.6. The highest BCUT2D eigenvalue weighted by Crippen LogP contribution is 2.22. The summed E-state index contributed by atoms with van der Waals surface area (Å²) < 4.78 is 7.20. The Hall–Kier alpha value is -2.28. The highest BCUT2D eigenvalue weighted by molar-refractivity contribution is 5.75. The molecule has 128 valence electrons. The lowest BCUT2D eigenvalue weighted by Crippen LogP contribution is -2.28. The quantitative estimate of drug-likeness (QED) is 0.899. The van der Waals surface area contributed by atoms with E-state index in [4.69, 9.17) is 4.74 Å². The Morgan fingerprint density at radius 2 is 2.33 bits per heavy atom. The maximum Gasteiger partial charge on any atom is 0.242 e. The van der Waals surface area contributed by atoms with E-state index in [2.05, 4.69) is 20.4 Å². The van der Waals surface area contributed by atoms with E-state index in [0.29, 0.717) is 13.2 Å². The van der Waals surface area contributed by atoms with Crippen LogP contribution in [0.25, 0.3) is 0 Å². The first-order valence-electron chi connectivity index (χ1n) is 8.29. The van der Waals surface area contributed by atoms with Crippen LogP contribution >= 0.6 is 0 Å². The standard InChI is InChI=1S/C17H23N5O2/c1-12-8-13(2)22(21-12)10-16(23)19-9-15-5-6-18-17(20-15)14-4-3-7-24-11-14/h5-6,8,14H,3-4,7,9-11H2,1-2H3,(H,19,23)/t14-/m1/s1. The number of amides is 1. The Morgan fingerprint density at radius 3 is 3.04 bits per heavy atom. The third kappa shape index (κ3) is 4.17. The van der Waals surface area contributed by atoms with Crippen molar-refractivity contribution in [1.82, 2.24) is 25.1 Å². The van der Waals surface area contributed by atoms with Crippen LogP contribution in [0.4, 0.5) is 0 Å². The molecular formula is C17H23N5O2. The summed E-state index contributed by atoms with van der Waals surface area (Å²) >= 11 is 0. The van der Waals surface area contributed by atoms with Gasteiger partial charge in [0.2, 0.25) is 5.91 Å². The largest absolute Gasteiger partial charge is 0.381 e. The van der Waals surface area contributed by atoms with Gasteiger partial charge >= 0.3 is 0 Å². The van der Waals surface area contributed by atoms with Crippen LogP contribution < -0.4 is 5.32 Å². The zero-order chi connectivity index (χ0) is 16.9. The lowest BCUT2D eigenvalue weighted by atomic mass is 10.0. The smallest absolute Gasteiger partial charge is 0.242 e. The second-order valence-corrected chi connectivity index (χ2v) is 6.18. The Kier molecular flexibility index (Phi) is 5.20. The maximum atomic E-state index is 12.1. The molecule has 1 amide bonds. The van der Waals surface area contributed by atoms with Crippen molar-refractivity contribution in [1.29, 1.82) is 0 Å². The molecule has 1 aliphatic heterocycles. The molecule has 1 N–H and O–H groups in total. The van der Waals surface area contributed by atoms with Gasteiger partial charge in [-0.2, -0.15) is 5.10 Å². The van der Waals surface area contributed by atoms with Crippen molar-refractivity contribution < 1.29 is 9.53 Å². The summed E-state index contributed by atoms with van der Waals surface area (Å²) in [4.78, 5) is 21.0. The van der Waals surface area contributed by atoms with Crippen LogP contribution in [0, 0.1) is 13.8 Å². The molecule has 0 saturated carbocycles. The highest BCUT2D eigenvalue weighted by atomic mass is 16.5. The molecule has 0 spiro atoms. The number of carbonyl (C=O) groups excluding carboxylic acids is 1. The summed E-state index contributed by atoms with van der Waals surface area (Å²) in [6.45, 7) is 5.95. The fourth-order valence-electron chi connectivity index (χ4n) is 2.87. The van der Waals surface area contributed by atoms with Crippen LogP contribution in [0.15, 0.2) is 18.3 Å². The number of rotatable bonds is 5. The van der Waals surface area contributed by atoms with Crippen LogP contribution in [0.1, 0.15) is 41.7 Å². The molecule has 2 aromatic heterocycles. The minimum absolute atomic E-state index is 0.0811. The number of aromatic nitrogens is 4. The fourth-order valence-corrected chi connectivity index (χ4v) is 2.87. The molecule has 0 radical (unpaired) electrons. The van der Waals surface area contributed by atoms with Gasteiger partial charge in [0.15, 0.2) is 0 Å². The van der Waals surface area contributed by atoms with E-state index in [1.165, 1.54) is 0 Å². The Labute approximate surface area is 141 Å². The van der Waals surface area contributed by atoms with E-state index >= 15 is 0 Å². The molecule has 7 nitrogen and oxygen atoms in total. The van der Waals surface area contributed by atoms with Crippen molar-refractivity contribution in [3.8, 4) is 0 Å². The molecule has 0 aliphatic carbocycles. The average Bonchev–Trinajstić information content (AvgIpc) is 2.91. The second kappa shape index (κ2) is 7.53. The maximum absolute atomic E-state index is 12.1. The first-order valence-corrected chi connectivity index (χ1v) is 8.29. The van der Waals surface area contributed by atoms with Gasteiger partial charge in [-0.15, -0.1) is 0 Å². The molecule has 1 fully saturated rings. The third-order valence-electron chi connectivity index (χ3n) is 4.12. The van der Waals surface area contributed by atoms with Crippen molar-refractivity contribution in [3.05, 3.63) is 41.2 Å². The van der Waals surface area contributed by atoms with Crippen LogP contribution in [0.3, 0.4) is 0 Å². The molecule has 1 saturated heterocycles. The highest BCUT2D eigenvalue weighted by Gasteiger charge is 2.19. The topological polar surface area (TPSA) is 81.9 Å². The molecular weight excluding hydrogens is 306 g/mol. The summed E-state index contributed by atoms with van der Waals surface area (Å²) in [5, 5.41) is 7.19. The van der Waals surface area contributed by atoms with E-state index in [1.54, 1.807) is 10.9 Å². The molecule has 1 atom stereocenters. The Balaban J connectivity index is 1.56. The van der Waals surface area contributed by atoms with Gasteiger partial charge in [-0.05, 0) is 38.8 Å². The molecule has 2 aromatic rings. The Bertz CT molecular complexity index is 707. The fraction of sp³-hybridized carbons (Fsp3) is 0.529. The van der Waals surface area contributed by atoms with Crippen LogP contribution in [0.5, 0.6) is 0 Å². The van der Waals surface area contributed by atoms with E-state index in [0.717, 1.165) is 42.4 Å². The number of carbonyl (C=O) groups is 1. The molecule has 3 heterocycles. The summed E-state index contributed by atoms with van der Waals surface area (Å²) in [7, 11) is 0. The molecule has 3 rings (SSSR count). The monoisotopic (exact) mass is 329 g/mol. The van der Waals surface area contributed by atoms with Crippen molar-refractivity contribution in [2.75, 3.05) is 13.2 Å². The SMILES string of the molecule is Cc1cc(C)n(CC(=O)NCc2ccnc([C@@H]3CCCOC3)n2)n1. The van der Waals surface area contributed by atoms with Crippen molar-refractivity contribution in [2.24, 2.45) is 0 Å². The summed E-state index contributed by atoms with van der Waals surface area (Å²) in [6, 6.07) is 3.78. The molecule has 24 heavy (non-hydrogen) atoms. The van der Waals surface area contributed by atoms with Gasteiger partial charge in [0.05, 0.1) is 24.5 Å². The van der Waals surface area contributed by atoms with Crippen molar-refractivity contribution >= 4 is 5.91 Å². The van der Waals surface area contributed by atoms with E-state index in [1.807, 2.05) is 26.0 Å². The number of nitrogens with zero attached hydrogens (tertiary/aromatic N) is 4. The predicted octanol–water partition coefficient (Wildman–Crippen LogP) is 1.50. The first kappa shape index (κ1) is 16.6. The number of hydrogen-bond donors (Lipinski definition) is 1. The Morgan fingerprint density at radius 1 is 1.46 bits per heavy atom. The summed E-state index contributed by atoms with van der Waals surface area (Å²) in [6.07, 6.45) is 3.84. The molecule has 0 bridgehead atoms. The minimum Gasteiger partial charge on any atom is -0.381 e. The van der Waals surface area contributed by atoms with Gasteiger partial charge < -0.3 is 10.1 Å². The van der Waals surface area contributed by atoms with Gasteiger partial charge in [-0.1, -0.05) is 0 Å². The molecule has 0 aromatic carbocycles. The zero-order valence-electron chi connectivity index (χ0n) is 14.2. The average molecular weight is 329 g/mol. The molecule has 7 heteroatoms. The number of ether oxygens (including phenoxy) is 1. The molecule has 0 unspecified atom stereocenters. The van der Waals surface area contributed by atoms with Crippen LogP contribution in [-0.4, -0.2) is 38.9 Å². The van der Waals surface area contributed by atoms with E-state index < -0.39 is 0 Å². The normalized spacial score (nSPS) is 17.7. The van der Waals surface area contributed by atoms with Crippen LogP contribution in [-0.2, 0) is 22.6 Å². The van der Waals surface area contributed by atoms with Gasteiger partial charge in [0.1, 0.15) is 12.4 Å². The van der Waals surface area contributed by atoms with Crippen molar-refractivity contribution in [2.45, 2.75) is 45.7 Å². The number of nitrogens with one attached hydrogen (secondary N) is 1. The second-order valence-electron chi connectivity index (χ2n) is 6.18. The minimum atomic E-state index is -0.0811. The van der Waals surface area contributed by atoms with Gasteiger partial charge in [0, 0.05) is 24.4 Å². The van der Waals surface area contributed by atoms with Gasteiger partial charge in [-0.25, -0.2) is 9.97 Å². The van der Waals surface area contributed by atoms with E-state index in [9.17, 15) is 4.79 Å². The summed E-state index contributed by atoms with van der Waals surface area (Å²) in [5.41, 5.74) is 2.70. The lowest BCUT2D eigenvalue weighted by molar-refractivity contribution is -0.122. The van der Waals surface area contributed by atoms with E-state index in [-0.39, 0.29) is 18.4 Å². The lowest BCUT2D eigenvalue weighted by Gasteiger charge is -2.20. The summed E-state index contributed by atoms with van der Waals surface area (Å²) in [5.74, 6) is 0.978. The number of hydrogen-bond acceptors (Lipinski definition) is 5. The van der Waals surface area contributed by atoms with Crippen LogP contribution in [0.2, 0.25) is 0 Å². The zero-order valence-corrected chi connectivity index (χ0v) is 14.2.